The average molecular weight is 377 g/mol. The molecule has 0 unspecified atom stereocenters. The van der Waals surface area contributed by atoms with Crippen molar-refractivity contribution in [2.75, 3.05) is 5.32 Å². The molecule has 0 heterocycles. The quantitative estimate of drug-likeness (QED) is 0.422. The largest absolute Gasteiger partial charge is 0.435 e. The van der Waals surface area contributed by atoms with Crippen LogP contribution in [0.3, 0.4) is 0 Å². The SMILES string of the molecule is CC/C(=N/NC(=S)Nc1cc(C)ccc1C)c1ccc(OC(F)F)cc1. The normalized spacial score (nSPS) is 11.4. The van der Waals surface area contributed by atoms with Crippen molar-refractivity contribution in [1.29, 1.82) is 0 Å². The molecule has 0 spiro atoms. The van der Waals surface area contributed by atoms with Crippen molar-refractivity contribution in [3.05, 3.63) is 59.2 Å². The van der Waals surface area contributed by atoms with Gasteiger partial charge in [-0.05, 0) is 79.5 Å². The van der Waals surface area contributed by atoms with Gasteiger partial charge in [0.15, 0.2) is 5.11 Å². The second kappa shape index (κ2) is 9.24. The van der Waals surface area contributed by atoms with Crippen LogP contribution in [-0.2, 0) is 0 Å². The summed E-state index contributed by atoms with van der Waals surface area (Å²) in [6, 6.07) is 12.4. The van der Waals surface area contributed by atoms with Crippen molar-refractivity contribution in [2.24, 2.45) is 5.10 Å². The predicted octanol–water partition coefficient (Wildman–Crippen LogP) is 5.01. The lowest BCUT2D eigenvalue weighted by Crippen LogP contribution is -2.25. The molecule has 0 saturated carbocycles. The number of aryl methyl sites for hydroxylation is 2. The van der Waals surface area contributed by atoms with Crippen molar-refractivity contribution in [3.8, 4) is 5.75 Å². The average Bonchev–Trinajstić information content (AvgIpc) is 2.59. The number of ether oxygens (including phenoxy) is 1. The molecule has 0 fully saturated rings. The fourth-order valence-electron chi connectivity index (χ4n) is 2.32. The number of benzene rings is 2. The zero-order valence-corrected chi connectivity index (χ0v) is 15.7. The fourth-order valence-corrected chi connectivity index (χ4v) is 2.47. The Kier molecular flexibility index (Phi) is 7.03. The molecule has 26 heavy (non-hydrogen) atoms. The van der Waals surface area contributed by atoms with E-state index in [0.29, 0.717) is 11.5 Å². The molecule has 4 nitrogen and oxygen atoms in total. The number of rotatable bonds is 6. The van der Waals surface area contributed by atoms with Crippen LogP contribution in [0, 0.1) is 13.8 Å². The van der Waals surface area contributed by atoms with E-state index >= 15 is 0 Å². The molecule has 2 N–H and O–H groups in total. The van der Waals surface area contributed by atoms with Crippen LogP contribution < -0.4 is 15.5 Å². The monoisotopic (exact) mass is 377 g/mol. The fraction of sp³-hybridized carbons (Fsp3) is 0.263. The topological polar surface area (TPSA) is 45.7 Å². The van der Waals surface area contributed by atoms with Crippen LogP contribution in [0.1, 0.15) is 30.0 Å². The molecule has 138 valence electrons. The minimum absolute atomic E-state index is 0.110. The van der Waals surface area contributed by atoms with E-state index in [2.05, 4.69) is 20.6 Å². The maximum atomic E-state index is 12.2. The predicted molar refractivity (Wildman–Crippen MR) is 105 cm³/mol. The molecular formula is C19H21F2N3OS. The van der Waals surface area contributed by atoms with E-state index in [1.807, 2.05) is 39.0 Å². The summed E-state index contributed by atoms with van der Waals surface area (Å²) in [7, 11) is 0. The van der Waals surface area contributed by atoms with Gasteiger partial charge in [0.2, 0.25) is 0 Å². The molecule has 0 aromatic heterocycles. The minimum Gasteiger partial charge on any atom is -0.435 e. The lowest BCUT2D eigenvalue weighted by molar-refractivity contribution is -0.0498. The number of hydrogen-bond donors (Lipinski definition) is 2. The Morgan fingerprint density at radius 1 is 1.15 bits per heavy atom. The van der Waals surface area contributed by atoms with Gasteiger partial charge in [-0.1, -0.05) is 19.1 Å². The molecule has 0 bridgehead atoms. The van der Waals surface area contributed by atoms with Gasteiger partial charge in [-0.3, -0.25) is 5.43 Å². The van der Waals surface area contributed by atoms with Crippen LogP contribution in [0.2, 0.25) is 0 Å². The first-order valence-electron chi connectivity index (χ1n) is 8.15. The Morgan fingerprint density at radius 3 is 2.46 bits per heavy atom. The summed E-state index contributed by atoms with van der Waals surface area (Å²) >= 11 is 5.29. The van der Waals surface area contributed by atoms with E-state index < -0.39 is 6.61 Å². The summed E-state index contributed by atoms with van der Waals surface area (Å²) in [6.45, 7) is 3.12. The molecule has 0 aliphatic carbocycles. The van der Waals surface area contributed by atoms with Crippen LogP contribution in [-0.4, -0.2) is 17.4 Å². The van der Waals surface area contributed by atoms with Gasteiger partial charge in [0, 0.05) is 5.69 Å². The first-order valence-corrected chi connectivity index (χ1v) is 8.56. The summed E-state index contributed by atoms with van der Waals surface area (Å²) < 4.78 is 28.8. The van der Waals surface area contributed by atoms with Gasteiger partial charge < -0.3 is 10.1 Å². The third-order valence-electron chi connectivity index (χ3n) is 3.68. The van der Waals surface area contributed by atoms with Gasteiger partial charge in [-0.25, -0.2) is 0 Å². The molecule has 0 aliphatic heterocycles. The standard InChI is InChI=1S/C19H21F2N3OS/c1-4-16(14-7-9-15(10-8-14)25-18(20)21)23-24-19(26)22-17-11-12(2)5-6-13(17)3/h5-11,18H,4H2,1-3H3,(H2,22,24,26)/b23-16-. The highest BCUT2D eigenvalue weighted by molar-refractivity contribution is 7.80. The van der Waals surface area contributed by atoms with Gasteiger partial charge in [0.05, 0.1) is 5.71 Å². The van der Waals surface area contributed by atoms with E-state index in [0.717, 1.165) is 28.1 Å². The van der Waals surface area contributed by atoms with Crippen LogP contribution in [0.5, 0.6) is 5.75 Å². The molecule has 7 heteroatoms. The highest BCUT2D eigenvalue weighted by Gasteiger charge is 2.07. The first kappa shape index (κ1) is 19.8. The summed E-state index contributed by atoms with van der Waals surface area (Å²) in [6.07, 6.45) is 0.647. The highest BCUT2D eigenvalue weighted by Crippen LogP contribution is 2.17. The smallest absolute Gasteiger partial charge is 0.387 e. The van der Waals surface area contributed by atoms with Crippen molar-refractivity contribution in [3.63, 3.8) is 0 Å². The van der Waals surface area contributed by atoms with E-state index in [-0.39, 0.29) is 5.75 Å². The summed E-state index contributed by atoms with van der Waals surface area (Å²) in [5.74, 6) is 0.110. The second-order valence-corrected chi connectivity index (χ2v) is 6.11. The van der Waals surface area contributed by atoms with Crippen molar-refractivity contribution < 1.29 is 13.5 Å². The number of anilines is 1. The number of hydrogen-bond acceptors (Lipinski definition) is 3. The van der Waals surface area contributed by atoms with Crippen LogP contribution >= 0.6 is 12.2 Å². The van der Waals surface area contributed by atoms with Crippen molar-refractivity contribution >= 4 is 28.7 Å². The number of thiocarbonyl (C=S) groups is 1. The summed E-state index contributed by atoms with van der Waals surface area (Å²) in [5.41, 5.74) is 7.51. The first-order chi connectivity index (χ1) is 12.4. The van der Waals surface area contributed by atoms with E-state index in [1.165, 1.54) is 12.1 Å². The molecular weight excluding hydrogens is 356 g/mol. The number of halogens is 2. The Morgan fingerprint density at radius 2 is 1.85 bits per heavy atom. The Labute approximate surface area is 157 Å². The number of alkyl halides is 2. The van der Waals surface area contributed by atoms with Gasteiger partial charge in [-0.15, -0.1) is 0 Å². The van der Waals surface area contributed by atoms with Crippen molar-refractivity contribution in [2.45, 2.75) is 33.8 Å². The number of hydrazone groups is 1. The third-order valence-corrected chi connectivity index (χ3v) is 3.87. The van der Waals surface area contributed by atoms with E-state index in [9.17, 15) is 8.78 Å². The molecule has 2 rings (SSSR count). The van der Waals surface area contributed by atoms with Crippen LogP contribution in [0.15, 0.2) is 47.6 Å². The maximum Gasteiger partial charge on any atom is 0.387 e. The second-order valence-electron chi connectivity index (χ2n) is 5.70. The molecule has 2 aromatic carbocycles. The lowest BCUT2D eigenvalue weighted by atomic mass is 10.1. The van der Waals surface area contributed by atoms with Gasteiger partial charge >= 0.3 is 6.61 Å². The Bertz CT molecular complexity index is 792. The maximum absolute atomic E-state index is 12.2. The van der Waals surface area contributed by atoms with E-state index in [1.54, 1.807) is 12.1 Å². The minimum atomic E-state index is -2.84. The van der Waals surface area contributed by atoms with Gasteiger partial charge in [0.25, 0.3) is 0 Å². The Hall–Kier alpha value is -2.54. The summed E-state index contributed by atoms with van der Waals surface area (Å²) in [4.78, 5) is 0. The number of nitrogens with one attached hydrogen (secondary N) is 2. The molecule has 0 atom stereocenters. The lowest BCUT2D eigenvalue weighted by Gasteiger charge is -2.12. The van der Waals surface area contributed by atoms with Gasteiger partial charge in [-0.2, -0.15) is 13.9 Å². The van der Waals surface area contributed by atoms with Crippen LogP contribution in [0.4, 0.5) is 14.5 Å². The number of nitrogens with zero attached hydrogens (tertiary/aromatic N) is 1. The van der Waals surface area contributed by atoms with E-state index in [4.69, 9.17) is 12.2 Å². The molecule has 2 aromatic rings. The zero-order chi connectivity index (χ0) is 19.1. The molecule has 0 aliphatic rings. The molecule has 0 amide bonds. The Balaban J connectivity index is 2.04. The van der Waals surface area contributed by atoms with Crippen molar-refractivity contribution in [1.82, 2.24) is 5.43 Å². The summed E-state index contributed by atoms with van der Waals surface area (Å²) in [5, 5.41) is 7.82. The highest BCUT2D eigenvalue weighted by atomic mass is 32.1. The molecule has 0 saturated heterocycles. The zero-order valence-electron chi connectivity index (χ0n) is 14.8. The third kappa shape index (κ3) is 5.77. The van der Waals surface area contributed by atoms with Crippen LogP contribution in [0.25, 0.3) is 0 Å². The molecule has 0 radical (unpaired) electrons. The van der Waals surface area contributed by atoms with Gasteiger partial charge in [0.1, 0.15) is 5.75 Å².